The minimum absolute atomic E-state index is 0.101. The molecule has 4 heteroatoms. The van der Waals surface area contributed by atoms with E-state index in [1.54, 1.807) is 0 Å². The number of aromatic nitrogens is 2. The van der Waals surface area contributed by atoms with Gasteiger partial charge in [-0.1, -0.05) is 66.7 Å². The molecule has 1 saturated carbocycles. The molecule has 4 aromatic rings. The molecule has 8 rings (SSSR count). The molecule has 0 amide bonds. The van der Waals surface area contributed by atoms with E-state index >= 15 is 0 Å². The molecule has 184 valence electrons. The number of hydrogen-bond donors (Lipinski definition) is 2. The van der Waals surface area contributed by atoms with Gasteiger partial charge in [0.15, 0.2) is 0 Å². The molecule has 36 heavy (non-hydrogen) atoms. The fourth-order valence-corrected chi connectivity index (χ4v) is 7.60. The highest BCUT2D eigenvalue weighted by Crippen LogP contribution is 2.55. The van der Waals surface area contributed by atoms with E-state index in [-0.39, 0.29) is 5.41 Å². The zero-order valence-electron chi connectivity index (χ0n) is 20.9. The van der Waals surface area contributed by atoms with Crippen LogP contribution in [-0.2, 0) is 5.41 Å². The van der Waals surface area contributed by atoms with Gasteiger partial charge < -0.3 is 15.0 Å². The normalized spacial score (nSPS) is 27.2. The van der Waals surface area contributed by atoms with Gasteiger partial charge in [-0.3, -0.25) is 0 Å². The fourth-order valence-electron chi connectivity index (χ4n) is 7.60. The van der Waals surface area contributed by atoms with Crippen LogP contribution in [0.1, 0.15) is 72.9 Å². The number of benzene rings is 3. The third-order valence-corrected chi connectivity index (χ3v) is 9.60. The largest absolute Gasteiger partial charge is 0.389 e. The molecule has 4 aliphatic rings. The Morgan fingerprint density at radius 3 is 2.39 bits per heavy atom. The number of likely N-dealkylation sites (tertiary alicyclic amines) is 1. The SMILES string of the molecule is O[C@@]1(CCN2CCC(c3ccccc3)(c3nc4ccccc4[nH]3)CC2)C[C@@H]2CC[C@@H]1c1ccccc12. The topological polar surface area (TPSA) is 52.1 Å². The van der Waals surface area contributed by atoms with Crippen LogP contribution in [0.2, 0.25) is 0 Å². The van der Waals surface area contributed by atoms with E-state index in [0.717, 1.165) is 68.6 Å². The van der Waals surface area contributed by atoms with E-state index in [1.165, 1.54) is 23.1 Å². The molecule has 2 bridgehead atoms. The highest BCUT2D eigenvalue weighted by molar-refractivity contribution is 5.75. The van der Waals surface area contributed by atoms with Crippen molar-refractivity contribution in [1.29, 1.82) is 0 Å². The number of nitrogens with one attached hydrogen (secondary N) is 1. The van der Waals surface area contributed by atoms with Crippen LogP contribution in [0.25, 0.3) is 11.0 Å². The third-order valence-electron chi connectivity index (χ3n) is 9.60. The molecule has 3 aliphatic carbocycles. The standard InChI is InChI=1S/C32H35N3O/c36-32(22-23-14-15-27(32)26-11-5-4-10-25(23)26)18-21-35-19-16-31(17-20-35,24-8-2-1-3-9-24)30-33-28-12-6-7-13-29(28)34-30/h1-13,23,27,36H,14-22H2,(H,33,34)/t23-,27+,32-/m0/s1. The van der Waals surface area contributed by atoms with E-state index in [0.29, 0.717) is 11.8 Å². The van der Waals surface area contributed by atoms with Crippen molar-refractivity contribution >= 4 is 11.0 Å². The van der Waals surface area contributed by atoms with Gasteiger partial charge in [-0.2, -0.15) is 0 Å². The summed E-state index contributed by atoms with van der Waals surface area (Å²) in [6.07, 6.45) is 6.21. The zero-order valence-corrected chi connectivity index (χ0v) is 20.9. The fraction of sp³-hybridized carbons (Fsp3) is 0.406. The Bertz CT molecular complexity index is 1340. The molecule has 1 saturated heterocycles. The molecule has 4 nitrogen and oxygen atoms in total. The van der Waals surface area contributed by atoms with Crippen LogP contribution < -0.4 is 0 Å². The molecule has 0 spiro atoms. The first-order chi connectivity index (χ1) is 17.6. The highest BCUT2D eigenvalue weighted by atomic mass is 16.3. The third kappa shape index (κ3) is 3.54. The summed E-state index contributed by atoms with van der Waals surface area (Å²) in [5.41, 5.74) is 5.74. The summed E-state index contributed by atoms with van der Waals surface area (Å²) >= 11 is 0. The number of rotatable bonds is 5. The molecule has 3 aromatic carbocycles. The van der Waals surface area contributed by atoms with Crippen molar-refractivity contribution in [1.82, 2.24) is 14.9 Å². The van der Waals surface area contributed by atoms with E-state index in [1.807, 2.05) is 0 Å². The van der Waals surface area contributed by atoms with Gasteiger partial charge in [0.25, 0.3) is 0 Å². The van der Waals surface area contributed by atoms with E-state index < -0.39 is 5.60 Å². The van der Waals surface area contributed by atoms with Crippen molar-refractivity contribution in [2.45, 2.75) is 61.4 Å². The van der Waals surface area contributed by atoms with Crippen LogP contribution in [-0.4, -0.2) is 45.2 Å². The number of nitrogens with zero attached hydrogens (tertiary/aromatic N) is 2. The quantitative estimate of drug-likeness (QED) is 0.363. The van der Waals surface area contributed by atoms with Gasteiger partial charge in [-0.15, -0.1) is 0 Å². The molecular weight excluding hydrogens is 442 g/mol. The van der Waals surface area contributed by atoms with Crippen molar-refractivity contribution in [2.24, 2.45) is 0 Å². The lowest BCUT2D eigenvalue weighted by molar-refractivity contribution is -0.0479. The molecule has 0 unspecified atom stereocenters. The van der Waals surface area contributed by atoms with Crippen LogP contribution in [0.15, 0.2) is 78.9 Å². The summed E-state index contributed by atoms with van der Waals surface area (Å²) in [5, 5.41) is 11.8. The molecular formula is C32H35N3O. The molecule has 0 radical (unpaired) electrons. The number of aromatic amines is 1. The summed E-state index contributed by atoms with van der Waals surface area (Å²) in [6, 6.07) is 28.1. The number of H-pyrrole nitrogens is 1. The first-order valence-electron chi connectivity index (χ1n) is 13.7. The van der Waals surface area contributed by atoms with Gasteiger partial charge in [0.2, 0.25) is 0 Å². The summed E-state index contributed by atoms with van der Waals surface area (Å²) in [4.78, 5) is 11.3. The van der Waals surface area contributed by atoms with Crippen molar-refractivity contribution in [3.8, 4) is 0 Å². The van der Waals surface area contributed by atoms with Crippen molar-refractivity contribution in [3.05, 3.63) is 101 Å². The lowest BCUT2D eigenvalue weighted by atomic mass is 9.58. The summed E-state index contributed by atoms with van der Waals surface area (Å²) < 4.78 is 0. The molecule has 2 N–H and O–H groups in total. The Balaban J connectivity index is 1.10. The van der Waals surface area contributed by atoms with Gasteiger partial charge in [0, 0.05) is 12.5 Å². The molecule has 3 atom stereocenters. The van der Waals surface area contributed by atoms with Crippen LogP contribution in [0.4, 0.5) is 0 Å². The van der Waals surface area contributed by atoms with Crippen LogP contribution >= 0.6 is 0 Å². The lowest BCUT2D eigenvalue weighted by Crippen LogP contribution is -2.49. The zero-order chi connectivity index (χ0) is 24.2. The van der Waals surface area contributed by atoms with Gasteiger partial charge in [-0.25, -0.2) is 4.98 Å². The van der Waals surface area contributed by atoms with E-state index in [2.05, 4.69) is 88.7 Å². The molecule has 1 aliphatic heterocycles. The Hall–Kier alpha value is -2.95. The van der Waals surface area contributed by atoms with Gasteiger partial charge in [0.05, 0.1) is 22.0 Å². The monoisotopic (exact) mass is 477 g/mol. The minimum atomic E-state index is -0.566. The number of hydrogen-bond acceptors (Lipinski definition) is 3. The van der Waals surface area contributed by atoms with Crippen LogP contribution in [0, 0.1) is 0 Å². The molecule has 2 fully saturated rings. The van der Waals surface area contributed by atoms with Crippen molar-refractivity contribution in [3.63, 3.8) is 0 Å². The van der Waals surface area contributed by atoms with Gasteiger partial charge in [-0.05, 0) is 86.4 Å². The summed E-state index contributed by atoms with van der Waals surface area (Å²) in [5.74, 6) is 1.91. The second kappa shape index (κ2) is 8.57. The number of imidazole rings is 1. The minimum Gasteiger partial charge on any atom is -0.389 e. The predicted octanol–water partition coefficient (Wildman–Crippen LogP) is 6.13. The number of aliphatic hydroxyl groups is 1. The molecule has 1 aromatic heterocycles. The average Bonchev–Trinajstić information content (AvgIpc) is 3.38. The second-order valence-corrected chi connectivity index (χ2v) is 11.4. The summed E-state index contributed by atoms with van der Waals surface area (Å²) in [6.45, 7) is 3.01. The Kier molecular flexibility index (Phi) is 5.30. The highest BCUT2D eigenvalue weighted by Gasteiger charge is 2.49. The number of para-hydroxylation sites is 2. The maximum Gasteiger partial charge on any atom is 0.118 e. The predicted molar refractivity (Wildman–Crippen MR) is 144 cm³/mol. The Morgan fingerprint density at radius 2 is 1.58 bits per heavy atom. The first-order valence-corrected chi connectivity index (χ1v) is 13.7. The Labute approximate surface area is 213 Å². The number of fused-ring (bicyclic) bond motifs is 3. The van der Waals surface area contributed by atoms with Crippen LogP contribution in [0.3, 0.4) is 0 Å². The molecule has 2 heterocycles. The maximum absolute atomic E-state index is 11.8. The van der Waals surface area contributed by atoms with Crippen molar-refractivity contribution in [2.75, 3.05) is 19.6 Å². The van der Waals surface area contributed by atoms with E-state index in [9.17, 15) is 5.11 Å². The van der Waals surface area contributed by atoms with Crippen LogP contribution in [0.5, 0.6) is 0 Å². The average molecular weight is 478 g/mol. The Morgan fingerprint density at radius 1 is 0.861 bits per heavy atom. The van der Waals surface area contributed by atoms with E-state index in [4.69, 9.17) is 4.98 Å². The smallest absolute Gasteiger partial charge is 0.118 e. The van der Waals surface area contributed by atoms with Crippen molar-refractivity contribution < 1.29 is 5.11 Å². The lowest BCUT2D eigenvalue weighted by Gasteiger charge is -2.50. The second-order valence-electron chi connectivity index (χ2n) is 11.4. The van der Waals surface area contributed by atoms with Gasteiger partial charge in [0.1, 0.15) is 5.82 Å². The number of piperidine rings is 1. The van der Waals surface area contributed by atoms with Gasteiger partial charge >= 0.3 is 0 Å². The first kappa shape index (κ1) is 22.3. The summed E-state index contributed by atoms with van der Waals surface area (Å²) in [7, 11) is 0. The maximum atomic E-state index is 11.8.